The molecule has 3 rings (SSSR count). The molecule has 0 aliphatic heterocycles. The second kappa shape index (κ2) is 9.52. The van der Waals surface area contributed by atoms with Gasteiger partial charge in [0, 0.05) is 5.56 Å². The Bertz CT molecular complexity index is 1100. The molecule has 29 heavy (non-hydrogen) atoms. The Kier molecular flexibility index (Phi) is 6.82. The van der Waals surface area contributed by atoms with Crippen LogP contribution in [0.4, 0.5) is 0 Å². The van der Waals surface area contributed by atoms with Gasteiger partial charge in [0.15, 0.2) is 4.80 Å². The lowest BCUT2D eigenvalue weighted by Crippen LogP contribution is -2.22. The van der Waals surface area contributed by atoms with Crippen molar-refractivity contribution < 1.29 is 19.1 Å². The monoisotopic (exact) mass is 412 g/mol. The highest BCUT2D eigenvalue weighted by Crippen LogP contribution is 2.20. The summed E-state index contributed by atoms with van der Waals surface area (Å²) in [6.07, 6.45) is 2.00. The number of aromatic nitrogens is 1. The fraction of sp³-hybridized carbons (Fsp3) is 0.318. The maximum absolute atomic E-state index is 12.8. The number of aryl methyl sites for hydroxylation is 1. The number of unbranched alkanes of at least 4 members (excludes halogenated alkanes) is 1. The number of nitrogens with zero attached hydrogens (tertiary/aromatic N) is 2. The molecular weight excluding hydrogens is 388 g/mol. The van der Waals surface area contributed by atoms with Crippen LogP contribution >= 0.6 is 11.3 Å². The predicted octanol–water partition coefficient (Wildman–Crippen LogP) is 4.10. The second-order valence-corrected chi connectivity index (χ2v) is 7.67. The van der Waals surface area contributed by atoms with Gasteiger partial charge in [-0.25, -0.2) is 0 Å². The standard InChI is InChI=1S/C22H24N2O4S/c1-4-5-11-28-17-8-6-7-16(13-17)21(26)23-22-24(14-20(25)27-3)18-10-9-15(2)12-19(18)29-22/h6-10,12-13H,4-5,11,14H2,1-3H3. The lowest BCUT2D eigenvalue weighted by molar-refractivity contribution is -0.141. The van der Waals surface area contributed by atoms with Gasteiger partial charge in [-0.05, 0) is 49.2 Å². The van der Waals surface area contributed by atoms with Crippen molar-refractivity contribution in [3.05, 3.63) is 58.4 Å². The molecule has 1 amide bonds. The Morgan fingerprint density at radius 2 is 2.00 bits per heavy atom. The van der Waals surface area contributed by atoms with Gasteiger partial charge in [-0.15, -0.1) is 0 Å². The molecule has 0 unspecified atom stereocenters. The number of fused-ring (bicyclic) bond motifs is 1. The lowest BCUT2D eigenvalue weighted by atomic mass is 10.2. The largest absolute Gasteiger partial charge is 0.494 e. The summed E-state index contributed by atoms with van der Waals surface area (Å²) in [5, 5.41) is 0. The summed E-state index contributed by atoms with van der Waals surface area (Å²) < 4.78 is 13.2. The van der Waals surface area contributed by atoms with Crippen LogP contribution < -0.4 is 9.54 Å². The number of amides is 1. The molecular formula is C22H24N2O4S. The Hall–Kier alpha value is -2.93. The summed E-state index contributed by atoms with van der Waals surface area (Å²) in [5.41, 5.74) is 2.38. The van der Waals surface area contributed by atoms with Gasteiger partial charge < -0.3 is 14.0 Å². The van der Waals surface area contributed by atoms with Gasteiger partial charge in [-0.1, -0.05) is 36.8 Å². The fourth-order valence-electron chi connectivity index (χ4n) is 2.82. The van der Waals surface area contributed by atoms with E-state index in [1.165, 1.54) is 18.4 Å². The number of esters is 1. The summed E-state index contributed by atoms with van der Waals surface area (Å²) in [5.74, 6) is -0.132. The molecule has 1 aromatic heterocycles. The molecule has 152 valence electrons. The minimum atomic E-state index is -0.398. The van der Waals surface area contributed by atoms with Crippen LogP contribution in [0.1, 0.15) is 35.7 Å². The zero-order chi connectivity index (χ0) is 20.8. The predicted molar refractivity (Wildman–Crippen MR) is 113 cm³/mol. The number of carbonyl (C=O) groups excluding carboxylic acids is 2. The van der Waals surface area contributed by atoms with Crippen molar-refractivity contribution >= 4 is 33.4 Å². The maximum atomic E-state index is 12.8. The van der Waals surface area contributed by atoms with Gasteiger partial charge in [0.25, 0.3) is 5.91 Å². The number of thiazole rings is 1. The molecule has 2 aromatic carbocycles. The molecule has 0 saturated heterocycles. The molecule has 0 saturated carbocycles. The van der Waals surface area contributed by atoms with E-state index in [1.54, 1.807) is 22.8 Å². The van der Waals surface area contributed by atoms with Crippen LogP contribution in [-0.4, -0.2) is 30.2 Å². The maximum Gasteiger partial charge on any atom is 0.325 e. The van der Waals surface area contributed by atoms with Crippen molar-refractivity contribution in [2.24, 2.45) is 4.99 Å². The number of hydrogen-bond donors (Lipinski definition) is 0. The smallest absolute Gasteiger partial charge is 0.325 e. The zero-order valence-corrected chi connectivity index (χ0v) is 17.6. The molecule has 7 heteroatoms. The van der Waals surface area contributed by atoms with E-state index in [9.17, 15) is 9.59 Å². The Balaban J connectivity index is 1.98. The van der Waals surface area contributed by atoms with Crippen LogP contribution in [0.15, 0.2) is 47.5 Å². The van der Waals surface area contributed by atoms with Gasteiger partial charge >= 0.3 is 5.97 Å². The van der Waals surface area contributed by atoms with E-state index in [0.717, 1.165) is 28.6 Å². The summed E-state index contributed by atoms with van der Waals surface area (Å²) >= 11 is 1.37. The summed E-state index contributed by atoms with van der Waals surface area (Å²) in [7, 11) is 1.34. The van der Waals surface area contributed by atoms with Crippen LogP contribution in [0.5, 0.6) is 5.75 Å². The van der Waals surface area contributed by atoms with Crippen molar-refractivity contribution in [2.75, 3.05) is 13.7 Å². The Morgan fingerprint density at radius 3 is 2.76 bits per heavy atom. The third-order valence-corrected chi connectivity index (χ3v) is 5.44. The van der Waals surface area contributed by atoms with Crippen molar-refractivity contribution in [2.45, 2.75) is 33.2 Å². The van der Waals surface area contributed by atoms with Crippen molar-refractivity contribution in [1.82, 2.24) is 4.57 Å². The molecule has 3 aromatic rings. The summed E-state index contributed by atoms with van der Waals surface area (Å²) in [6.45, 7) is 4.69. The number of ether oxygens (including phenoxy) is 2. The van der Waals surface area contributed by atoms with Crippen molar-refractivity contribution in [3.63, 3.8) is 0 Å². The number of carbonyl (C=O) groups is 2. The van der Waals surface area contributed by atoms with Gasteiger partial charge in [-0.3, -0.25) is 9.59 Å². The van der Waals surface area contributed by atoms with E-state index in [1.807, 2.05) is 31.2 Å². The number of methoxy groups -OCH3 is 1. The zero-order valence-electron chi connectivity index (χ0n) is 16.8. The Morgan fingerprint density at radius 1 is 1.17 bits per heavy atom. The highest BCUT2D eigenvalue weighted by molar-refractivity contribution is 7.16. The second-order valence-electron chi connectivity index (χ2n) is 6.66. The number of benzene rings is 2. The molecule has 0 fully saturated rings. The molecule has 0 aliphatic rings. The first-order valence-corrected chi connectivity index (χ1v) is 10.3. The van der Waals surface area contributed by atoms with Crippen molar-refractivity contribution in [1.29, 1.82) is 0 Å². The Labute approximate surface area is 173 Å². The molecule has 0 spiro atoms. The molecule has 1 heterocycles. The topological polar surface area (TPSA) is 69.9 Å². The number of rotatable bonds is 7. The normalized spacial score (nSPS) is 11.6. The highest BCUT2D eigenvalue weighted by Gasteiger charge is 2.13. The van der Waals surface area contributed by atoms with Gasteiger partial charge in [0.1, 0.15) is 12.3 Å². The number of hydrogen-bond acceptors (Lipinski definition) is 5. The molecule has 0 N–H and O–H groups in total. The van der Waals surface area contributed by atoms with E-state index in [-0.39, 0.29) is 12.5 Å². The van der Waals surface area contributed by atoms with Gasteiger partial charge in [-0.2, -0.15) is 4.99 Å². The minimum Gasteiger partial charge on any atom is -0.494 e. The molecule has 6 nitrogen and oxygen atoms in total. The quantitative estimate of drug-likeness (QED) is 0.433. The first kappa shape index (κ1) is 20.8. The molecule has 0 atom stereocenters. The van der Waals surface area contributed by atoms with E-state index >= 15 is 0 Å². The van der Waals surface area contributed by atoms with Crippen molar-refractivity contribution in [3.8, 4) is 5.75 Å². The van der Waals surface area contributed by atoms with Crippen LogP contribution in [-0.2, 0) is 16.1 Å². The third kappa shape index (κ3) is 5.12. The van der Waals surface area contributed by atoms with Crippen LogP contribution in [0.3, 0.4) is 0 Å². The van der Waals surface area contributed by atoms with Crippen LogP contribution in [0.2, 0.25) is 0 Å². The average Bonchev–Trinajstić information content (AvgIpc) is 3.04. The van der Waals surface area contributed by atoms with E-state index in [0.29, 0.717) is 22.7 Å². The van der Waals surface area contributed by atoms with Crippen LogP contribution in [0.25, 0.3) is 10.2 Å². The third-order valence-electron chi connectivity index (χ3n) is 4.40. The van der Waals surface area contributed by atoms with E-state index in [2.05, 4.69) is 11.9 Å². The van der Waals surface area contributed by atoms with Gasteiger partial charge in [0.2, 0.25) is 0 Å². The summed E-state index contributed by atoms with van der Waals surface area (Å²) in [4.78, 5) is 29.4. The first-order valence-electron chi connectivity index (χ1n) is 9.50. The van der Waals surface area contributed by atoms with E-state index in [4.69, 9.17) is 9.47 Å². The lowest BCUT2D eigenvalue weighted by Gasteiger charge is -2.06. The first-order chi connectivity index (χ1) is 14.0. The SMILES string of the molecule is CCCCOc1cccc(C(=O)N=c2sc3cc(C)ccc3n2CC(=O)OC)c1. The molecule has 0 aliphatic carbocycles. The highest BCUT2D eigenvalue weighted by atomic mass is 32.1. The molecule has 0 bridgehead atoms. The summed E-state index contributed by atoms with van der Waals surface area (Å²) in [6, 6.07) is 12.9. The van der Waals surface area contributed by atoms with Gasteiger partial charge in [0.05, 0.1) is 23.9 Å². The van der Waals surface area contributed by atoms with E-state index < -0.39 is 5.97 Å². The van der Waals surface area contributed by atoms with Crippen LogP contribution in [0, 0.1) is 6.92 Å². The minimum absolute atomic E-state index is 0.00809. The average molecular weight is 413 g/mol. The fourth-order valence-corrected chi connectivity index (χ4v) is 3.94. The molecule has 0 radical (unpaired) electrons.